The number of carbonyl (C=O) groups excluding carboxylic acids is 1. The zero-order chi connectivity index (χ0) is 18.7. The van der Waals surface area contributed by atoms with Crippen molar-refractivity contribution in [1.29, 1.82) is 0 Å². The van der Waals surface area contributed by atoms with Crippen molar-refractivity contribution in [3.8, 4) is 5.75 Å². The topological polar surface area (TPSA) is 40.5 Å². The Labute approximate surface area is 157 Å². The molecule has 2 aromatic carbocycles. The van der Waals surface area contributed by atoms with Crippen LogP contribution >= 0.6 is 11.6 Å². The summed E-state index contributed by atoms with van der Waals surface area (Å²) in [4.78, 5) is 12.8. The Hall–Kier alpha value is -2.72. The second kappa shape index (κ2) is 7.26. The largest absolute Gasteiger partial charge is 0.454 e. The lowest BCUT2D eigenvalue weighted by Crippen LogP contribution is -2.28. The fourth-order valence-electron chi connectivity index (χ4n) is 2.59. The van der Waals surface area contributed by atoms with Gasteiger partial charge >= 0.3 is 6.09 Å². The van der Waals surface area contributed by atoms with Gasteiger partial charge in [-0.15, -0.1) is 0 Å². The minimum atomic E-state index is -0.620. The van der Waals surface area contributed by atoms with Crippen LogP contribution in [0.3, 0.4) is 0 Å². The smallest absolute Gasteiger partial charge is 0.419 e. The predicted molar refractivity (Wildman–Crippen MR) is 104 cm³/mol. The van der Waals surface area contributed by atoms with Crippen LogP contribution in [-0.2, 0) is 4.74 Å². The number of rotatable bonds is 3. The molecule has 4 nitrogen and oxygen atoms in total. The number of nitrogens with zero attached hydrogens (tertiary/aromatic N) is 1. The molecule has 0 saturated heterocycles. The lowest BCUT2D eigenvalue weighted by Gasteiger charge is -2.21. The molecule has 0 N–H and O–H groups in total. The van der Waals surface area contributed by atoms with E-state index in [-0.39, 0.29) is 0 Å². The van der Waals surface area contributed by atoms with Crippen LogP contribution in [0, 0.1) is 0 Å². The van der Waals surface area contributed by atoms with Gasteiger partial charge < -0.3 is 9.47 Å². The van der Waals surface area contributed by atoms with E-state index in [1.165, 1.54) is 10.1 Å². The molecule has 0 atom stereocenters. The van der Waals surface area contributed by atoms with Gasteiger partial charge in [-0.3, -0.25) is 0 Å². The highest BCUT2D eigenvalue weighted by molar-refractivity contribution is 6.28. The summed E-state index contributed by atoms with van der Waals surface area (Å²) >= 11 is 6.04. The van der Waals surface area contributed by atoms with Gasteiger partial charge in [-0.25, -0.2) is 9.36 Å². The second-order valence-electron chi connectivity index (χ2n) is 6.79. The van der Waals surface area contributed by atoms with Crippen molar-refractivity contribution in [2.75, 3.05) is 0 Å². The molecule has 0 radical (unpaired) electrons. The van der Waals surface area contributed by atoms with Gasteiger partial charge in [0, 0.05) is 10.9 Å². The normalized spacial score (nSPS) is 12.2. The van der Waals surface area contributed by atoms with Gasteiger partial charge in [0.05, 0.1) is 11.2 Å². The van der Waals surface area contributed by atoms with E-state index in [2.05, 4.69) is 0 Å². The number of fused-ring (bicyclic) bond motifs is 1. The summed E-state index contributed by atoms with van der Waals surface area (Å²) in [5.74, 6) is 0.986. The SMILES string of the molecule is CC(C)(C)OC(=O)n1c(/C(=C/Cl)Oc2ccccc2)cc2ccccc21. The zero-order valence-corrected chi connectivity index (χ0v) is 15.7. The van der Waals surface area contributed by atoms with Gasteiger partial charge in [0.15, 0.2) is 5.76 Å². The molecule has 0 amide bonds. The molecular weight excluding hydrogens is 350 g/mol. The molecular formula is C21H20ClNO3. The molecule has 3 rings (SSSR count). The average molecular weight is 370 g/mol. The van der Waals surface area contributed by atoms with E-state index in [1.54, 1.807) is 0 Å². The van der Waals surface area contributed by atoms with Crippen LogP contribution in [0.1, 0.15) is 26.5 Å². The minimum absolute atomic E-state index is 0.361. The first kappa shape index (κ1) is 18.1. The van der Waals surface area contributed by atoms with E-state index in [4.69, 9.17) is 21.1 Å². The summed E-state index contributed by atoms with van der Waals surface area (Å²) in [6.07, 6.45) is -0.485. The van der Waals surface area contributed by atoms with Crippen molar-refractivity contribution in [3.63, 3.8) is 0 Å². The first-order valence-corrected chi connectivity index (χ1v) is 8.70. The molecule has 134 valence electrons. The molecule has 0 bridgehead atoms. The van der Waals surface area contributed by atoms with E-state index < -0.39 is 11.7 Å². The molecule has 0 aliphatic rings. The van der Waals surface area contributed by atoms with Crippen molar-refractivity contribution >= 4 is 34.4 Å². The van der Waals surface area contributed by atoms with Crippen LogP contribution in [-0.4, -0.2) is 16.3 Å². The average Bonchev–Trinajstić information content (AvgIpc) is 2.98. The number of carbonyl (C=O) groups is 1. The lowest BCUT2D eigenvalue weighted by atomic mass is 10.2. The van der Waals surface area contributed by atoms with Crippen LogP contribution in [0.15, 0.2) is 66.2 Å². The summed E-state index contributed by atoms with van der Waals surface area (Å²) in [6.45, 7) is 5.49. The molecule has 0 aliphatic carbocycles. The first-order chi connectivity index (χ1) is 12.4. The van der Waals surface area contributed by atoms with Crippen LogP contribution in [0.2, 0.25) is 0 Å². The van der Waals surface area contributed by atoms with Gasteiger partial charge in [-0.2, -0.15) is 0 Å². The van der Waals surface area contributed by atoms with Gasteiger partial charge in [0.2, 0.25) is 0 Å². The fraction of sp³-hybridized carbons (Fsp3) is 0.190. The second-order valence-corrected chi connectivity index (χ2v) is 7.01. The summed E-state index contributed by atoms with van der Waals surface area (Å²) < 4.78 is 13.0. The van der Waals surface area contributed by atoms with Crippen molar-refractivity contribution in [2.24, 2.45) is 0 Å². The first-order valence-electron chi connectivity index (χ1n) is 8.26. The number of halogens is 1. The summed E-state index contributed by atoms with van der Waals surface area (Å²) in [7, 11) is 0. The van der Waals surface area contributed by atoms with Crippen molar-refractivity contribution in [2.45, 2.75) is 26.4 Å². The van der Waals surface area contributed by atoms with Crippen molar-refractivity contribution in [3.05, 3.63) is 71.9 Å². The number of ether oxygens (including phenoxy) is 2. The molecule has 0 saturated carbocycles. The van der Waals surface area contributed by atoms with Crippen LogP contribution < -0.4 is 4.74 Å². The maximum absolute atomic E-state index is 12.8. The Morgan fingerprint density at radius 1 is 1.04 bits per heavy atom. The number of aromatic nitrogens is 1. The molecule has 3 aromatic rings. The highest BCUT2D eigenvalue weighted by Gasteiger charge is 2.24. The van der Waals surface area contributed by atoms with Gasteiger partial charge in [-0.1, -0.05) is 48.0 Å². The predicted octanol–water partition coefficient (Wildman–Crippen LogP) is 6.04. The van der Waals surface area contributed by atoms with E-state index in [1.807, 2.05) is 81.4 Å². The third-order valence-corrected chi connectivity index (χ3v) is 3.81. The van der Waals surface area contributed by atoms with Gasteiger partial charge in [0.25, 0.3) is 0 Å². The molecule has 0 aliphatic heterocycles. The molecule has 0 fully saturated rings. The number of benzene rings is 2. The fourth-order valence-corrected chi connectivity index (χ4v) is 2.74. The molecule has 0 unspecified atom stereocenters. The Morgan fingerprint density at radius 2 is 1.69 bits per heavy atom. The maximum Gasteiger partial charge on any atom is 0.419 e. The third-order valence-electron chi connectivity index (χ3n) is 3.61. The van der Waals surface area contributed by atoms with Gasteiger partial charge in [0.1, 0.15) is 11.4 Å². The Bertz CT molecular complexity index is 952. The van der Waals surface area contributed by atoms with Crippen LogP contribution in [0.4, 0.5) is 4.79 Å². The molecule has 26 heavy (non-hydrogen) atoms. The Balaban J connectivity index is 2.09. The molecule has 1 heterocycles. The molecule has 5 heteroatoms. The molecule has 1 aromatic heterocycles. The van der Waals surface area contributed by atoms with Crippen LogP contribution in [0.25, 0.3) is 16.7 Å². The highest BCUT2D eigenvalue weighted by atomic mass is 35.5. The van der Waals surface area contributed by atoms with E-state index in [9.17, 15) is 4.79 Å². The minimum Gasteiger partial charge on any atom is -0.454 e. The van der Waals surface area contributed by atoms with E-state index in [0.29, 0.717) is 17.2 Å². The number of para-hydroxylation sites is 2. The van der Waals surface area contributed by atoms with Crippen molar-refractivity contribution in [1.82, 2.24) is 4.57 Å². The Kier molecular flexibility index (Phi) is 5.05. The Morgan fingerprint density at radius 3 is 2.35 bits per heavy atom. The lowest BCUT2D eigenvalue weighted by molar-refractivity contribution is 0.0542. The quantitative estimate of drug-likeness (QED) is 0.528. The number of hydrogen-bond donors (Lipinski definition) is 0. The summed E-state index contributed by atoms with van der Waals surface area (Å²) in [5, 5.41) is 0.890. The van der Waals surface area contributed by atoms with E-state index >= 15 is 0 Å². The van der Waals surface area contributed by atoms with Crippen molar-refractivity contribution < 1.29 is 14.3 Å². The maximum atomic E-state index is 12.8. The van der Waals surface area contributed by atoms with E-state index in [0.717, 1.165) is 10.9 Å². The standard InChI is InChI=1S/C21H20ClNO3/c1-21(2,3)26-20(24)23-17-12-8-7-9-15(17)13-18(23)19(14-22)25-16-10-5-4-6-11-16/h4-14H,1-3H3/b19-14-. The summed E-state index contributed by atoms with van der Waals surface area (Å²) in [5.41, 5.74) is 1.95. The monoisotopic (exact) mass is 369 g/mol. The van der Waals surface area contributed by atoms with Gasteiger partial charge in [-0.05, 0) is 45.0 Å². The number of hydrogen-bond acceptors (Lipinski definition) is 3. The summed E-state index contributed by atoms with van der Waals surface area (Å²) in [6, 6.07) is 18.7. The zero-order valence-electron chi connectivity index (χ0n) is 14.9. The third kappa shape index (κ3) is 3.92. The molecule has 0 spiro atoms. The highest BCUT2D eigenvalue weighted by Crippen LogP contribution is 2.29. The van der Waals surface area contributed by atoms with Crippen LogP contribution in [0.5, 0.6) is 5.75 Å².